The summed E-state index contributed by atoms with van der Waals surface area (Å²) in [5.41, 5.74) is 5.26. The molecular formula is C9H21N3O2. The molecule has 1 amide bonds. The third kappa shape index (κ3) is 6.82. The zero-order valence-corrected chi connectivity index (χ0v) is 8.83. The molecule has 0 bridgehead atoms. The first-order valence-electron chi connectivity index (χ1n) is 5.04. The van der Waals surface area contributed by atoms with Crippen molar-refractivity contribution in [1.82, 2.24) is 10.2 Å². The summed E-state index contributed by atoms with van der Waals surface area (Å²) in [4.78, 5) is 13.3. The average molecular weight is 203 g/mol. The molecule has 0 atom stereocenters. The predicted octanol–water partition coefficient (Wildman–Crippen LogP) is -1.23. The van der Waals surface area contributed by atoms with Gasteiger partial charge in [-0.3, -0.25) is 9.69 Å². The fourth-order valence-electron chi connectivity index (χ4n) is 1.11. The van der Waals surface area contributed by atoms with E-state index in [0.29, 0.717) is 26.1 Å². The molecule has 0 spiro atoms. The molecule has 0 saturated carbocycles. The molecule has 0 aromatic carbocycles. The number of nitrogens with one attached hydrogen (secondary N) is 1. The maximum atomic E-state index is 11.3. The molecule has 5 heteroatoms. The highest BCUT2D eigenvalue weighted by molar-refractivity contribution is 5.77. The van der Waals surface area contributed by atoms with Crippen molar-refractivity contribution in [3.8, 4) is 0 Å². The maximum Gasteiger partial charge on any atom is 0.234 e. The fourth-order valence-corrected chi connectivity index (χ4v) is 1.11. The Morgan fingerprint density at radius 2 is 2.29 bits per heavy atom. The van der Waals surface area contributed by atoms with Crippen molar-refractivity contribution in [3.05, 3.63) is 0 Å². The first-order chi connectivity index (χ1) is 6.74. The Balaban J connectivity index is 3.62. The highest BCUT2D eigenvalue weighted by Crippen LogP contribution is 1.90. The number of likely N-dealkylation sites (N-methyl/N-ethyl adjacent to an activating group) is 1. The molecule has 0 aromatic heterocycles. The van der Waals surface area contributed by atoms with Crippen molar-refractivity contribution in [2.45, 2.75) is 13.3 Å². The van der Waals surface area contributed by atoms with Crippen LogP contribution < -0.4 is 11.1 Å². The van der Waals surface area contributed by atoms with Gasteiger partial charge in [0.25, 0.3) is 0 Å². The minimum Gasteiger partial charge on any atom is -0.396 e. The van der Waals surface area contributed by atoms with Crippen LogP contribution in [0.15, 0.2) is 0 Å². The van der Waals surface area contributed by atoms with Crippen LogP contribution in [-0.2, 0) is 4.79 Å². The van der Waals surface area contributed by atoms with Crippen molar-refractivity contribution < 1.29 is 9.90 Å². The number of carbonyl (C=O) groups excluding carboxylic acids is 1. The molecule has 0 heterocycles. The van der Waals surface area contributed by atoms with Crippen LogP contribution in [-0.4, -0.2) is 55.2 Å². The number of aliphatic hydroxyl groups excluding tert-OH is 1. The summed E-state index contributed by atoms with van der Waals surface area (Å²) < 4.78 is 0. The van der Waals surface area contributed by atoms with Gasteiger partial charge in [0.2, 0.25) is 5.91 Å². The molecule has 4 N–H and O–H groups in total. The van der Waals surface area contributed by atoms with Crippen LogP contribution in [0.1, 0.15) is 13.3 Å². The van der Waals surface area contributed by atoms with Gasteiger partial charge in [0.05, 0.1) is 6.54 Å². The molecular weight excluding hydrogens is 182 g/mol. The molecule has 0 aliphatic heterocycles. The normalized spacial score (nSPS) is 10.6. The summed E-state index contributed by atoms with van der Waals surface area (Å²) in [6.07, 6.45) is 0.706. The number of amides is 1. The van der Waals surface area contributed by atoms with Gasteiger partial charge in [0.15, 0.2) is 0 Å². The van der Waals surface area contributed by atoms with Crippen LogP contribution in [0.5, 0.6) is 0 Å². The van der Waals surface area contributed by atoms with E-state index in [1.807, 2.05) is 11.8 Å². The minimum absolute atomic E-state index is 0.00441. The van der Waals surface area contributed by atoms with Crippen molar-refractivity contribution in [2.75, 3.05) is 39.3 Å². The molecule has 0 rings (SSSR count). The van der Waals surface area contributed by atoms with Crippen LogP contribution in [0.25, 0.3) is 0 Å². The van der Waals surface area contributed by atoms with E-state index in [2.05, 4.69) is 5.32 Å². The van der Waals surface area contributed by atoms with Gasteiger partial charge in [-0.05, 0) is 13.0 Å². The summed E-state index contributed by atoms with van der Waals surface area (Å²) in [5.74, 6) is -0.00441. The standard InChI is InChI=1S/C9H21N3O2/c1-2-12(6-3-7-13)8-9(14)11-5-4-10/h13H,2-8,10H2,1H3,(H,11,14). The van der Waals surface area contributed by atoms with Gasteiger partial charge in [0.1, 0.15) is 0 Å². The molecule has 0 aliphatic carbocycles. The second kappa shape index (κ2) is 8.93. The Morgan fingerprint density at radius 1 is 1.57 bits per heavy atom. The lowest BCUT2D eigenvalue weighted by molar-refractivity contribution is -0.122. The van der Waals surface area contributed by atoms with Crippen molar-refractivity contribution in [2.24, 2.45) is 5.73 Å². The van der Waals surface area contributed by atoms with E-state index in [1.54, 1.807) is 0 Å². The van der Waals surface area contributed by atoms with E-state index >= 15 is 0 Å². The molecule has 0 saturated heterocycles. The SMILES string of the molecule is CCN(CCCO)CC(=O)NCCN. The van der Waals surface area contributed by atoms with E-state index < -0.39 is 0 Å². The molecule has 14 heavy (non-hydrogen) atoms. The van der Waals surface area contributed by atoms with Crippen LogP contribution >= 0.6 is 0 Å². The lowest BCUT2D eigenvalue weighted by Crippen LogP contribution is -2.39. The maximum absolute atomic E-state index is 11.3. The lowest BCUT2D eigenvalue weighted by atomic mass is 10.3. The molecule has 84 valence electrons. The first kappa shape index (κ1) is 13.4. The third-order valence-electron chi connectivity index (χ3n) is 1.91. The lowest BCUT2D eigenvalue weighted by Gasteiger charge is -2.18. The van der Waals surface area contributed by atoms with Gasteiger partial charge in [-0.2, -0.15) is 0 Å². The van der Waals surface area contributed by atoms with Crippen LogP contribution in [0, 0.1) is 0 Å². The summed E-state index contributed by atoms with van der Waals surface area (Å²) in [6, 6.07) is 0. The Labute approximate surface area is 85.3 Å². The fraction of sp³-hybridized carbons (Fsp3) is 0.889. The molecule has 0 aliphatic rings. The molecule has 5 nitrogen and oxygen atoms in total. The number of carbonyl (C=O) groups is 1. The second-order valence-electron chi connectivity index (χ2n) is 3.08. The van der Waals surface area contributed by atoms with E-state index in [4.69, 9.17) is 10.8 Å². The third-order valence-corrected chi connectivity index (χ3v) is 1.91. The Bertz CT molecular complexity index is 153. The number of hydrogen-bond acceptors (Lipinski definition) is 4. The summed E-state index contributed by atoms with van der Waals surface area (Å²) in [5, 5.41) is 11.3. The van der Waals surface area contributed by atoms with Crippen molar-refractivity contribution >= 4 is 5.91 Å². The van der Waals surface area contributed by atoms with Gasteiger partial charge < -0.3 is 16.2 Å². The van der Waals surface area contributed by atoms with E-state index in [9.17, 15) is 4.79 Å². The zero-order valence-electron chi connectivity index (χ0n) is 8.83. The summed E-state index contributed by atoms with van der Waals surface area (Å²) in [6.45, 7) is 5.11. The monoisotopic (exact) mass is 203 g/mol. The molecule has 0 aromatic rings. The van der Waals surface area contributed by atoms with Crippen LogP contribution in [0.3, 0.4) is 0 Å². The predicted molar refractivity (Wildman–Crippen MR) is 55.9 cm³/mol. The van der Waals surface area contributed by atoms with E-state index in [0.717, 1.165) is 13.1 Å². The average Bonchev–Trinajstić information content (AvgIpc) is 2.21. The summed E-state index contributed by atoms with van der Waals surface area (Å²) in [7, 11) is 0. The van der Waals surface area contributed by atoms with E-state index in [-0.39, 0.29) is 12.5 Å². The first-order valence-corrected chi connectivity index (χ1v) is 5.04. The van der Waals surface area contributed by atoms with Gasteiger partial charge >= 0.3 is 0 Å². The largest absolute Gasteiger partial charge is 0.396 e. The van der Waals surface area contributed by atoms with Gasteiger partial charge in [-0.15, -0.1) is 0 Å². The number of hydrogen-bond donors (Lipinski definition) is 3. The quantitative estimate of drug-likeness (QED) is 0.461. The Kier molecular flexibility index (Phi) is 8.51. The number of nitrogens with zero attached hydrogens (tertiary/aromatic N) is 1. The zero-order chi connectivity index (χ0) is 10.8. The highest BCUT2D eigenvalue weighted by Gasteiger charge is 2.07. The summed E-state index contributed by atoms with van der Waals surface area (Å²) >= 11 is 0. The molecule has 0 unspecified atom stereocenters. The molecule has 0 radical (unpaired) electrons. The van der Waals surface area contributed by atoms with E-state index in [1.165, 1.54) is 0 Å². The number of rotatable bonds is 8. The topological polar surface area (TPSA) is 78.6 Å². The second-order valence-corrected chi connectivity index (χ2v) is 3.08. The van der Waals surface area contributed by atoms with Gasteiger partial charge in [-0.1, -0.05) is 6.92 Å². The highest BCUT2D eigenvalue weighted by atomic mass is 16.3. The Hall–Kier alpha value is -0.650. The van der Waals surface area contributed by atoms with Crippen LogP contribution in [0.2, 0.25) is 0 Å². The van der Waals surface area contributed by atoms with Gasteiger partial charge in [0, 0.05) is 26.2 Å². The molecule has 0 fully saturated rings. The minimum atomic E-state index is -0.00441. The van der Waals surface area contributed by atoms with Gasteiger partial charge in [-0.25, -0.2) is 0 Å². The number of nitrogens with two attached hydrogens (primary N) is 1. The number of aliphatic hydroxyl groups is 1. The van der Waals surface area contributed by atoms with Crippen molar-refractivity contribution in [1.29, 1.82) is 0 Å². The smallest absolute Gasteiger partial charge is 0.234 e. The van der Waals surface area contributed by atoms with Crippen LogP contribution in [0.4, 0.5) is 0 Å². The van der Waals surface area contributed by atoms with Crippen molar-refractivity contribution in [3.63, 3.8) is 0 Å². The Morgan fingerprint density at radius 3 is 2.79 bits per heavy atom.